The van der Waals surface area contributed by atoms with Crippen molar-refractivity contribution >= 4 is 17.9 Å². The fourth-order valence-electron chi connectivity index (χ4n) is 9.42. The van der Waals surface area contributed by atoms with Crippen LogP contribution in [0.4, 0.5) is 0 Å². The van der Waals surface area contributed by atoms with Crippen LogP contribution in [0, 0.1) is 46.3 Å². The SMILES string of the molecule is COC(=O)CC[C@H](C)[C@H]1CC[C@H]2[C@H]3[C@H](OC(C)=O)C[C@@H]4C[C@H](OC(C)=O)CC[C@]4(C)[C@H]3C[C@H](O)[C@]12C. The van der Waals surface area contributed by atoms with E-state index in [0.29, 0.717) is 24.7 Å². The summed E-state index contributed by atoms with van der Waals surface area (Å²) in [4.78, 5) is 35.7. The molecule has 0 radical (unpaired) electrons. The van der Waals surface area contributed by atoms with E-state index in [1.165, 1.54) is 21.0 Å². The van der Waals surface area contributed by atoms with Crippen molar-refractivity contribution in [2.45, 2.75) is 111 Å². The lowest BCUT2D eigenvalue weighted by Crippen LogP contribution is -2.63. The standard InChI is InChI=1S/C29H46O7/c1-16(7-10-26(33)34-6)21-8-9-22-27-23(15-25(32)29(21,22)5)28(4)12-11-20(35-17(2)30)13-19(28)14-24(27)36-18(3)31/h16,19-25,27,32H,7-15H2,1-6H3/t16-,19-,20+,21+,22-,23-,24+,25-,27+,28-,29+/m0/s1. The Balaban J connectivity index is 1.62. The predicted molar refractivity (Wildman–Crippen MR) is 134 cm³/mol. The molecule has 0 saturated heterocycles. The van der Waals surface area contributed by atoms with Crippen LogP contribution < -0.4 is 0 Å². The van der Waals surface area contributed by atoms with Crippen molar-refractivity contribution in [2.24, 2.45) is 46.3 Å². The third-order valence-electron chi connectivity index (χ3n) is 11.2. The second-order valence-electron chi connectivity index (χ2n) is 12.8. The molecule has 0 aliphatic heterocycles. The molecule has 7 heteroatoms. The molecule has 0 aromatic carbocycles. The molecule has 204 valence electrons. The number of carbonyl (C=O) groups is 3. The average molecular weight is 507 g/mol. The first-order valence-electron chi connectivity index (χ1n) is 14.0. The van der Waals surface area contributed by atoms with Crippen molar-refractivity contribution in [3.8, 4) is 0 Å². The summed E-state index contributed by atoms with van der Waals surface area (Å²) in [5.74, 6) is 0.965. The Bertz CT molecular complexity index is 857. The van der Waals surface area contributed by atoms with Crippen LogP contribution in [-0.4, -0.2) is 48.4 Å². The second-order valence-corrected chi connectivity index (χ2v) is 12.8. The summed E-state index contributed by atoms with van der Waals surface area (Å²) in [6.45, 7) is 9.78. The lowest BCUT2D eigenvalue weighted by Gasteiger charge is -2.64. The highest BCUT2D eigenvalue weighted by Gasteiger charge is 2.66. The minimum absolute atomic E-state index is 0.0227. The highest BCUT2D eigenvalue weighted by Crippen LogP contribution is 2.68. The first kappa shape index (κ1) is 27.4. The van der Waals surface area contributed by atoms with E-state index in [9.17, 15) is 19.5 Å². The number of esters is 3. The maximum absolute atomic E-state index is 12.2. The summed E-state index contributed by atoms with van der Waals surface area (Å²) in [6.07, 6.45) is 6.59. The Kier molecular flexibility index (Phi) is 7.81. The number of fused-ring (bicyclic) bond motifs is 5. The summed E-state index contributed by atoms with van der Waals surface area (Å²) in [6, 6.07) is 0. The summed E-state index contributed by atoms with van der Waals surface area (Å²) in [7, 11) is 1.43. The molecule has 0 aromatic heterocycles. The van der Waals surface area contributed by atoms with Gasteiger partial charge in [-0.05, 0) is 91.8 Å². The normalized spacial score (nSPS) is 44.4. The van der Waals surface area contributed by atoms with E-state index >= 15 is 0 Å². The maximum atomic E-state index is 12.2. The summed E-state index contributed by atoms with van der Waals surface area (Å²) in [5, 5.41) is 11.8. The van der Waals surface area contributed by atoms with Crippen LogP contribution in [0.1, 0.15) is 92.4 Å². The van der Waals surface area contributed by atoms with Gasteiger partial charge < -0.3 is 19.3 Å². The molecule has 4 aliphatic carbocycles. The minimum atomic E-state index is -0.434. The average Bonchev–Trinajstić information content (AvgIpc) is 3.16. The van der Waals surface area contributed by atoms with Crippen LogP contribution in [0.5, 0.6) is 0 Å². The molecule has 0 spiro atoms. The quantitative estimate of drug-likeness (QED) is 0.412. The highest BCUT2D eigenvalue weighted by molar-refractivity contribution is 5.69. The number of methoxy groups -OCH3 is 1. The van der Waals surface area contributed by atoms with Crippen LogP contribution >= 0.6 is 0 Å². The van der Waals surface area contributed by atoms with Crippen LogP contribution in [0.3, 0.4) is 0 Å². The van der Waals surface area contributed by atoms with Gasteiger partial charge in [-0.3, -0.25) is 14.4 Å². The Morgan fingerprint density at radius 3 is 2.31 bits per heavy atom. The van der Waals surface area contributed by atoms with Gasteiger partial charge in [-0.15, -0.1) is 0 Å². The van der Waals surface area contributed by atoms with E-state index in [2.05, 4.69) is 20.8 Å². The van der Waals surface area contributed by atoms with Gasteiger partial charge in [0.05, 0.1) is 13.2 Å². The fraction of sp³-hybridized carbons (Fsp3) is 0.897. The molecule has 0 unspecified atom stereocenters. The molecule has 7 nitrogen and oxygen atoms in total. The number of rotatable bonds is 6. The van der Waals surface area contributed by atoms with Crippen molar-refractivity contribution in [3.63, 3.8) is 0 Å². The largest absolute Gasteiger partial charge is 0.469 e. The van der Waals surface area contributed by atoms with Crippen molar-refractivity contribution in [1.29, 1.82) is 0 Å². The predicted octanol–water partition coefficient (Wildman–Crippen LogP) is 4.68. The Labute approximate surface area is 216 Å². The van der Waals surface area contributed by atoms with Crippen LogP contribution in [-0.2, 0) is 28.6 Å². The van der Waals surface area contributed by atoms with E-state index in [-0.39, 0.29) is 64.6 Å². The van der Waals surface area contributed by atoms with Gasteiger partial charge in [-0.2, -0.15) is 0 Å². The first-order valence-corrected chi connectivity index (χ1v) is 14.0. The maximum Gasteiger partial charge on any atom is 0.305 e. The molecule has 4 aliphatic rings. The van der Waals surface area contributed by atoms with Crippen molar-refractivity contribution < 1.29 is 33.7 Å². The van der Waals surface area contributed by atoms with Crippen LogP contribution in [0.15, 0.2) is 0 Å². The van der Waals surface area contributed by atoms with Crippen LogP contribution in [0.25, 0.3) is 0 Å². The van der Waals surface area contributed by atoms with E-state index < -0.39 is 6.10 Å². The molecule has 0 bridgehead atoms. The molecule has 11 atom stereocenters. The van der Waals surface area contributed by atoms with Crippen molar-refractivity contribution in [3.05, 3.63) is 0 Å². The number of aliphatic hydroxyl groups is 1. The van der Waals surface area contributed by atoms with Crippen molar-refractivity contribution in [1.82, 2.24) is 0 Å². The molecule has 0 aromatic rings. The van der Waals surface area contributed by atoms with Gasteiger partial charge in [0.25, 0.3) is 0 Å². The van der Waals surface area contributed by atoms with Gasteiger partial charge in [0.1, 0.15) is 12.2 Å². The molecule has 4 saturated carbocycles. The molecule has 4 rings (SSSR count). The van der Waals surface area contributed by atoms with Crippen molar-refractivity contribution in [2.75, 3.05) is 7.11 Å². The Morgan fingerprint density at radius 1 is 0.972 bits per heavy atom. The molecule has 0 amide bonds. The van der Waals surface area contributed by atoms with E-state index in [1.807, 2.05) is 0 Å². The number of aliphatic hydroxyl groups excluding tert-OH is 1. The summed E-state index contributed by atoms with van der Waals surface area (Å²) in [5.41, 5.74) is -0.248. The third kappa shape index (κ3) is 4.69. The molecule has 1 N–H and O–H groups in total. The van der Waals surface area contributed by atoms with Gasteiger partial charge in [-0.1, -0.05) is 20.8 Å². The highest BCUT2D eigenvalue weighted by atomic mass is 16.5. The minimum Gasteiger partial charge on any atom is -0.469 e. The van der Waals surface area contributed by atoms with Gasteiger partial charge in [0, 0.05) is 26.2 Å². The van der Waals surface area contributed by atoms with E-state index in [4.69, 9.17) is 14.2 Å². The lowest BCUT2D eigenvalue weighted by molar-refractivity contribution is -0.218. The molecule has 0 heterocycles. The molecular formula is C29H46O7. The summed E-state index contributed by atoms with van der Waals surface area (Å²) < 4.78 is 16.5. The zero-order valence-corrected chi connectivity index (χ0v) is 23.0. The van der Waals surface area contributed by atoms with E-state index in [0.717, 1.165) is 44.9 Å². The number of hydrogen-bond donors (Lipinski definition) is 1. The van der Waals surface area contributed by atoms with Gasteiger partial charge in [0.15, 0.2) is 0 Å². The lowest BCUT2D eigenvalue weighted by atomic mass is 9.43. The molecule has 4 fully saturated rings. The molecular weight excluding hydrogens is 460 g/mol. The van der Waals surface area contributed by atoms with Gasteiger partial charge in [-0.25, -0.2) is 0 Å². The zero-order chi connectivity index (χ0) is 26.4. The number of ether oxygens (including phenoxy) is 3. The fourth-order valence-corrected chi connectivity index (χ4v) is 9.42. The first-order chi connectivity index (χ1) is 16.9. The Hall–Kier alpha value is -1.63. The van der Waals surface area contributed by atoms with Gasteiger partial charge >= 0.3 is 17.9 Å². The van der Waals surface area contributed by atoms with Crippen LogP contribution in [0.2, 0.25) is 0 Å². The second kappa shape index (κ2) is 10.3. The zero-order valence-electron chi connectivity index (χ0n) is 23.0. The Morgan fingerprint density at radius 2 is 1.67 bits per heavy atom. The van der Waals surface area contributed by atoms with Gasteiger partial charge in [0.2, 0.25) is 0 Å². The monoisotopic (exact) mass is 506 g/mol. The third-order valence-corrected chi connectivity index (χ3v) is 11.2. The molecule has 36 heavy (non-hydrogen) atoms. The van der Waals surface area contributed by atoms with E-state index in [1.54, 1.807) is 0 Å². The number of hydrogen-bond acceptors (Lipinski definition) is 7. The number of carbonyl (C=O) groups excluding carboxylic acids is 3. The topological polar surface area (TPSA) is 99.1 Å². The summed E-state index contributed by atoms with van der Waals surface area (Å²) >= 11 is 0. The smallest absolute Gasteiger partial charge is 0.305 e.